The molecule has 0 radical (unpaired) electrons. The summed E-state index contributed by atoms with van der Waals surface area (Å²) in [7, 11) is 4.93. The lowest BCUT2D eigenvalue weighted by Gasteiger charge is -2.20. The third-order valence-corrected chi connectivity index (χ3v) is 3.76. The summed E-state index contributed by atoms with van der Waals surface area (Å²) in [5.41, 5.74) is 2.60. The molecule has 0 bridgehead atoms. The Bertz CT molecular complexity index is 634. The van der Waals surface area contributed by atoms with Crippen LogP contribution in [-0.4, -0.2) is 31.2 Å². The number of nitrogens with zero attached hydrogens (tertiary/aromatic N) is 2. The van der Waals surface area contributed by atoms with Gasteiger partial charge < -0.3 is 14.8 Å². The van der Waals surface area contributed by atoms with E-state index in [2.05, 4.69) is 15.3 Å². The normalized spacial score (nSPS) is 12.0. The van der Waals surface area contributed by atoms with Crippen LogP contribution in [0, 0.1) is 6.92 Å². The Balaban J connectivity index is 2.53. The maximum atomic E-state index is 6.42. The second-order valence-electron chi connectivity index (χ2n) is 4.51. The van der Waals surface area contributed by atoms with Crippen molar-refractivity contribution in [3.63, 3.8) is 0 Å². The van der Waals surface area contributed by atoms with Crippen molar-refractivity contribution < 1.29 is 9.47 Å². The van der Waals surface area contributed by atoms with Gasteiger partial charge >= 0.3 is 0 Å². The predicted molar refractivity (Wildman–Crippen MR) is 82.2 cm³/mol. The van der Waals surface area contributed by atoms with Crippen LogP contribution in [0.4, 0.5) is 0 Å². The molecular weight excluding hydrogens is 290 g/mol. The Morgan fingerprint density at radius 2 is 2.00 bits per heavy atom. The highest BCUT2D eigenvalue weighted by atomic mass is 35.5. The minimum Gasteiger partial charge on any atom is -0.480 e. The summed E-state index contributed by atoms with van der Waals surface area (Å²) in [5, 5.41) is 3.91. The highest BCUT2D eigenvalue weighted by molar-refractivity contribution is 6.32. The van der Waals surface area contributed by atoms with Crippen LogP contribution < -0.4 is 14.8 Å². The number of aromatic nitrogens is 2. The molecule has 0 saturated heterocycles. The highest BCUT2D eigenvalue weighted by Crippen LogP contribution is 2.33. The van der Waals surface area contributed by atoms with E-state index in [-0.39, 0.29) is 6.04 Å². The molecule has 1 aromatic carbocycles. The molecule has 0 amide bonds. The molecule has 0 aliphatic rings. The molecule has 5 nitrogen and oxygen atoms in total. The van der Waals surface area contributed by atoms with Gasteiger partial charge in [-0.05, 0) is 25.1 Å². The Hall–Kier alpha value is -1.85. The highest BCUT2D eigenvalue weighted by Gasteiger charge is 2.22. The minimum absolute atomic E-state index is 0.217. The molecule has 1 unspecified atom stereocenters. The van der Waals surface area contributed by atoms with E-state index in [1.807, 2.05) is 32.2 Å². The van der Waals surface area contributed by atoms with Gasteiger partial charge in [0.1, 0.15) is 5.69 Å². The van der Waals surface area contributed by atoms with Gasteiger partial charge in [0.2, 0.25) is 11.8 Å². The van der Waals surface area contributed by atoms with Gasteiger partial charge in [-0.2, -0.15) is 4.98 Å². The molecule has 0 fully saturated rings. The van der Waals surface area contributed by atoms with E-state index in [1.165, 1.54) is 7.11 Å². The van der Waals surface area contributed by atoms with Crippen LogP contribution >= 0.6 is 11.6 Å². The predicted octanol–water partition coefficient (Wildman–Crippen LogP) is 2.76. The zero-order chi connectivity index (χ0) is 15.4. The lowest BCUT2D eigenvalue weighted by atomic mass is 10.0. The smallest absolute Gasteiger partial charge is 0.240 e. The van der Waals surface area contributed by atoms with Crippen LogP contribution in [0.15, 0.2) is 24.4 Å². The number of ether oxygens (including phenoxy) is 2. The first-order chi connectivity index (χ1) is 10.1. The molecular formula is C15H18ClN3O2. The zero-order valence-corrected chi connectivity index (χ0v) is 13.2. The Morgan fingerprint density at radius 3 is 2.62 bits per heavy atom. The van der Waals surface area contributed by atoms with Crippen molar-refractivity contribution in [2.75, 3.05) is 21.3 Å². The number of methoxy groups -OCH3 is 2. The van der Waals surface area contributed by atoms with Crippen molar-refractivity contribution in [3.05, 3.63) is 46.2 Å². The summed E-state index contributed by atoms with van der Waals surface area (Å²) in [6, 6.07) is 5.67. The Labute approximate surface area is 129 Å². The number of nitrogens with one attached hydrogen (secondary N) is 1. The topological polar surface area (TPSA) is 56.3 Å². The van der Waals surface area contributed by atoms with Crippen LogP contribution in [0.1, 0.15) is 22.9 Å². The lowest BCUT2D eigenvalue weighted by molar-refractivity contribution is 0.353. The van der Waals surface area contributed by atoms with Crippen molar-refractivity contribution in [3.8, 4) is 11.8 Å². The van der Waals surface area contributed by atoms with E-state index in [4.69, 9.17) is 21.1 Å². The largest absolute Gasteiger partial charge is 0.480 e. The maximum absolute atomic E-state index is 6.42. The lowest BCUT2D eigenvalue weighted by Crippen LogP contribution is -2.21. The molecule has 1 aromatic heterocycles. The SMILES string of the molecule is CNC(c1cccc(C)c1Cl)c1ncc(OC)nc1OC. The second-order valence-corrected chi connectivity index (χ2v) is 4.88. The van der Waals surface area contributed by atoms with Crippen LogP contribution in [0.3, 0.4) is 0 Å². The molecule has 1 heterocycles. The quantitative estimate of drug-likeness (QED) is 0.920. The van der Waals surface area contributed by atoms with Gasteiger partial charge in [0.05, 0.1) is 26.5 Å². The molecule has 6 heteroatoms. The molecule has 112 valence electrons. The molecule has 1 N–H and O–H groups in total. The van der Waals surface area contributed by atoms with Crippen molar-refractivity contribution in [1.82, 2.24) is 15.3 Å². The van der Waals surface area contributed by atoms with Crippen LogP contribution in [-0.2, 0) is 0 Å². The molecule has 1 atom stereocenters. The van der Waals surface area contributed by atoms with Gasteiger partial charge in [-0.15, -0.1) is 0 Å². The number of hydrogen-bond donors (Lipinski definition) is 1. The standard InChI is InChI=1S/C15H18ClN3O2/c1-9-6-5-7-10(12(9)16)13(17-2)14-15(21-4)19-11(20-3)8-18-14/h5-8,13,17H,1-4H3. The fourth-order valence-electron chi connectivity index (χ4n) is 2.15. The number of aryl methyl sites for hydroxylation is 1. The van der Waals surface area contributed by atoms with E-state index < -0.39 is 0 Å². The van der Waals surface area contributed by atoms with Gasteiger partial charge in [0, 0.05) is 5.02 Å². The van der Waals surface area contributed by atoms with E-state index in [0.29, 0.717) is 22.5 Å². The number of halogens is 1. The van der Waals surface area contributed by atoms with E-state index in [0.717, 1.165) is 11.1 Å². The summed E-state index contributed by atoms with van der Waals surface area (Å²) in [4.78, 5) is 8.67. The molecule has 0 spiro atoms. The summed E-state index contributed by atoms with van der Waals surface area (Å²) in [6.07, 6.45) is 1.56. The number of hydrogen-bond acceptors (Lipinski definition) is 5. The van der Waals surface area contributed by atoms with Crippen molar-refractivity contribution in [1.29, 1.82) is 0 Å². The first-order valence-corrected chi connectivity index (χ1v) is 6.87. The van der Waals surface area contributed by atoms with E-state index in [1.54, 1.807) is 13.3 Å². The molecule has 0 saturated carbocycles. The molecule has 2 rings (SSSR count). The van der Waals surface area contributed by atoms with Crippen molar-refractivity contribution in [2.24, 2.45) is 0 Å². The van der Waals surface area contributed by atoms with E-state index in [9.17, 15) is 0 Å². The zero-order valence-electron chi connectivity index (χ0n) is 12.5. The Kier molecular flexibility index (Phi) is 4.98. The first kappa shape index (κ1) is 15.5. The molecule has 0 aliphatic carbocycles. The van der Waals surface area contributed by atoms with Crippen LogP contribution in [0.2, 0.25) is 5.02 Å². The van der Waals surface area contributed by atoms with E-state index >= 15 is 0 Å². The molecule has 21 heavy (non-hydrogen) atoms. The average molecular weight is 308 g/mol. The third-order valence-electron chi connectivity index (χ3n) is 3.24. The monoisotopic (exact) mass is 307 g/mol. The summed E-state index contributed by atoms with van der Waals surface area (Å²) < 4.78 is 10.4. The average Bonchev–Trinajstić information content (AvgIpc) is 2.52. The van der Waals surface area contributed by atoms with Crippen LogP contribution in [0.25, 0.3) is 0 Å². The van der Waals surface area contributed by atoms with Gasteiger partial charge in [0.15, 0.2) is 0 Å². The van der Waals surface area contributed by atoms with Crippen molar-refractivity contribution in [2.45, 2.75) is 13.0 Å². The maximum Gasteiger partial charge on any atom is 0.240 e. The summed E-state index contributed by atoms with van der Waals surface area (Å²) in [6.45, 7) is 1.97. The van der Waals surface area contributed by atoms with Gasteiger partial charge in [0.25, 0.3) is 0 Å². The number of benzene rings is 1. The third kappa shape index (κ3) is 3.09. The van der Waals surface area contributed by atoms with Gasteiger partial charge in [-0.3, -0.25) is 0 Å². The summed E-state index contributed by atoms with van der Waals surface area (Å²) in [5.74, 6) is 0.812. The minimum atomic E-state index is -0.217. The fourth-order valence-corrected chi connectivity index (χ4v) is 2.38. The first-order valence-electron chi connectivity index (χ1n) is 6.49. The Morgan fingerprint density at radius 1 is 1.24 bits per heavy atom. The number of rotatable bonds is 5. The summed E-state index contributed by atoms with van der Waals surface area (Å²) >= 11 is 6.42. The van der Waals surface area contributed by atoms with Gasteiger partial charge in [-0.1, -0.05) is 29.8 Å². The molecule has 2 aromatic rings. The van der Waals surface area contributed by atoms with Crippen molar-refractivity contribution >= 4 is 11.6 Å². The van der Waals surface area contributed by atoms with Gasteiger partial charge in [-0.25, -0.2) is 4.98 Å². The second kappa shape index (κ2) is 6.74. The fraction of sp³-hybridized carbons (Fsp3) is 0.333. The van der Waals surface area contributed by atoms with Crippen LogP contribution in [0.5, 0.6) is 11.8 Å². The molecule has 0 aliphatic heterocycles.